The maximum atomic E-state index is 13.8. The lowest BCUT2D eigenvalue weighted by Gasteiger charge is -2.42. The Morgan fingerprint density at radius 2 is 1.90 bits per heavy atom. The highest BCUT2D eigenvalue weighted by molar-refractivity contribution is 5.85. The van der Waals surface area contributed by atoms with Crippen LogP contribution < -0.4 is 0 Å². The highest BCUT2D eigenvalue weighted by atomic mass is 16.2. The Morgan fingerprint density at radius 3 is 2.52 bits per heavy atom. The highest BCUT2D eigenvalue weighted by Crippen LogP contribution is 2.40. The number of likely N-dealkylation sites (tertiary alicyclic amines) is 1. The van der Waals surface area contributed by atoms with Crippen molar-refractivity contribution in [3.05, 3.63) is 65.5 Å². The molecule has 1 aliphatic carbocycles. The number of carbonyl (C=O) groups excluding carboxylic acids is 2. The summed E-state index contributed by atoms with van der Waals surface area (Å²) in [6, 6.07) is 14.2. The number of piperidine rings is 1. The fourth-order valence-electron chi connectivity index (χ4n) is 4.41. The summed E-state index contributed by atoms with van der Waals surface area (Å²) in [5, 5.41) is 0. The predicted octanol–water partition coefficient (Wildman–Crippen LogP) is 3.88. The molecule has 2 fully saturated rings. The van der Waals surface area contributed by atoms with Gasteiger partial charge in [-0.2, -0.15) is 0 Å². The van der Waals surface area contributed by atoms with E-state index in [0.29, 0.717) is 32.0 Å². The maximum Gasteiger partial charge on any atom is 0.228 e. The molecule has 1 saturated carbocycles. The first-order valence-electron chi connectivity index (χ1n) is 10.6. The molecule has 2 heterocycles. The number of pyridine rings is 1. The van der Waals surface area contributed by atoms with Gasteiger partial charge in [-0.05, 0) is 50.8 Å². The van der Waals surface area contributed by atoms with E-state index < -0.39 is 0 Å². The molecule has 2 aromatic rings. The Bertz CT molecular complexity index is 861. The molecule has 2 atom stereocenters. The van der Waals surface area contributed by atoms with Crippen LogP contribution in [0, 0.1) is 12.8 Å². The molecule has 4 rings (SSSR count). The van der Waals surface area contributed by atoms with Gasteiger partial charge in [0.15, 0.2) is 0 Å². The summed E-state index contributed by atoms with van der Waals surface area (Å²) < 4.78 is 0. The molecular formula is C24H29N3O2. The van der Waals surface area contributed by atoms with Gasteiger partial charge in [0.1, 0.15) is 0 Å². The van der Waals surface area contributed by atoms with E-state index in [4.69, 9.17) is 0 Å². The Kier molecular flexibility index (Phi) is 5.65. The first kappa shape index (κ1) is 19.6. The van der Waals surface area contributed by atoms with Crippen LogP contribution in [0.4, 0.5) is 0 Å². The molecule has 152 valence electrons. The van der Waals surface area contributed by atoms with Crippen LogP contribution in [0.1, 0.15) is 55.5 Å². The van der Waals surface area contributed by atoms with Crippen molar-refractivity contribution in [3.63, 3.8) is 0 Å². The fourth-order valence-corrected chi connectivity index (χ4v) is 4.41. The van der Waals surface area contributed by atoms with Gasteiger partial charge >= 0.3 is 0 Å². The molecule has 2 amide bonds. The number of nitrogens with zero attached hydrogens (tertiary/aromatic N) is 3. The second-order valence-corrected chi connectivity index (χ2v) is 8.20. The number of carbonyl (C=O) groups is 2. The number of hydrogen-bond donors (Lipinski definition) is 0. The summed E-state index contributed by atoms with van der Waals surface area (Å²) in [6.45, 7) is 5.21. The average molecular weight is 392 g/mol. The lowest BCUT2D eigenvalue weighted by atomic mass is 9.83. The molecular weight excluding hydrogens is 362 g/mol. The summed E-state index contributed by atoms with van der Waals surface area (Å²) in [5.74, 6) is 0.0965. The summed E-state index contributed by atoms with van der Waals surface area (Å²) in [6.07, 6.45) is 4.93. The smallest absolute Gasteiger partial charge is 0.228 e. The second kappa shape index (κ2) is 8.36. The normalized spacial score (nSPS) is 21.9. The minimum absolute atomic E-state index is 0.143. The standard InChI is InChI=1S/C24H29N3O2/c1-3-26-22(28)14-13-21(23(26)18-9-7-17(2)8-10-18)24(29)27(20-11-12-20)16-19-6-4-5-15-25-19/h4-10,15,20-21,23H,3,11-14,16H2,1-2H3/t21-,23+/m1/s1. The molecule has 5 heteroatoms. The quantitative estimate of drug-likeness (QED) is 0.751. The summed E-state index contributed by atoms with van der Waals surface area (Å²) in [5.41, 5.74) is 3.15. The van der Waals surface area contributed by atoms with Crippen molar-refractivity contribution >= 4 is 11.8 Å². The molecule has 1 aromatic carbocycles. The van der Waals surface area contributed by atoms with Gasteiger partial charge in [-0.1, -0.05) is 35.9 Å². The van der Waals surface area contributed by atoms with Gasteiger partial charge in [-0.3, -0.25) is 14.6 Å². The van der Waals surface area contributed by atoms with E-state index in [9.17, 15) is 9.59 Å². The number of aromatic nitrogens is 1. The fraction of sp³-hybridized carbons (Fsp3) is 0.458. The average Bonchev–Trinajstić information content (AvgIpc) is 3.58. The minimum atomic E-state index is -0.209. The molecule has 0 bridgehead atoms. The van der Waals surface area contributed by atoms with Gasteiger partial charge < -0.3 is 9.80 Å². The molecule has 0 unspecified atom stereocenters. The zero-order valence-corrected chi connectivity index (χ0v) is 17.3. The molecule has 0 N–H and O–H groups in total. The lowest BCUT2D eigenvalue weighted by Crippen LogP contribution is -2.49. The third-order valence-corrected chi connectivity index (χ3v) is 6.11. The van der Waals surface area contributed by atoms with Crippen molar-refractivity contribution in [1.29, 1.82) is 0 Å². The Morgan fingerprint density at radius 1 is 1.14 bits per heavy atom. The van der Waals surface area contributed by atoms with Crippen LogP contribution in [0.5, 0.6) is 0 Å². The topological polar surface area (TPSA) is 53.5 Å². The Hall–Kier alpha value is -2.69. The van der Waals surface area contributed by atoms with Crippen LogP contribution in [-0.4, -0.2) is 39.2 Å². The van der Waals surface area contributed by atoms with Crippen LogP contribution in [0.3, 0.4) is 0 Å². The molecule has 1 aromatic heterocycles. The van der Waals surface area contributed by atoms with Gasteiger partial charge in [0.2, 0.25) is 11.8 Å². The molecule has 29 heavy (non-hydrogen) atoms. The number of amides is 2. The first-order valence-corrected chi connectivity index (χ1v) is 10.6. The van der Waals surface area contributed by atoms with E-state index in [0.717, 1.165) is 24.1 Å². The lowest BCUT2D eigenvalue weighted by molar-refractivity contribution is -0.148. The zero-order valence-electron chi connectivity index (χ0n) is 17.3. The van der Waals surface area contributed by atoms with Crippen LogP contribution in [0.15, 0.2) is 48.7 Å². The molecule has 2 aliphatic rings. The van der Waals surface area contributed by atoms with E-state index in [2.05, 4.69) is 36.2 Å². The zero-order chi connectivity index (χ0) is 20.4. The van der Waals surface area contributed by atoms with Crippen molar-refractivity contribution in [2.24, 2.45) is 5.92 Å². The minimum Gasteiger partial charge on any atom is -0.335 e. The number of benzene rings is 1. The first-order chi connectivity index (χ1) is 14.1. The van der Waals surface area contributed by atoms with E-state index >= 15 is 0 Å². The Balaban J connectivity index is 1.64. The van der Waals surface area contributed by atoms with Gasteiger partial charge in [0.25, 0.3) is 0 Å². The third-order valence-electron chi connectivity index (χ3n) is 6.11. The molecule has 1 aliphatic heterocycles. The molecule has 0 radical (unpaired) electrons. The van der Waals surface area contributed by atoms with E-state index in [1.54, 1.807) is 6.20 Å². The Labute approximate surface area is 172 Å². The number of aryl methyl sites for hydroxylation is 1. The van der Waals surface area contributed by atoms with E-state index in [1.807, 2.05) is 34.9 Å². The molecule has 5 nitrogen and oxygen atoms in total. The predicted molar refractivity (Wildman–Crippen MR) is 112 cm³/mol. The van der Waals surface area contributed by atoms with E-state index in [1.165, 1.54) is 5.56 Å². The SMILES string of the molecule is CCN1C(=O)CC[C@@H](C(=O)N(Cc2ccccn2)C2CC2)[C@@H]1c1ccc(C)cc1. The van der Waals surface area contributed by atoms with Gasteiger partial charge in [0, 0.05) is 25.2 Å². The number of rotatable bonds is 6. The highest BCUT2D eigenvalue weighted by Gasteiger charge is 2.44. The third kappa shape index (κ3) is 4.19. The van der Waals surface area contributed by atoms with Crippen molar-refractivity contribution in [2.75, 3.05) is 6.54 Å². The maximum absolute atomic E-state index is 13.8. The van der Waals surface area contributed by atoms with Crippen LogP contribution in [0.25, 0.3) is 0 Å². The molecule has 1 saturated heterocycles. The largest absolute Gasteiger partial charge is 0.335 e. The van der Waals surface area contributed by atoms with Crippen molar-refractivity contribution in [3.8, 4) is 0 Å². The van der Waals surface area contributed by atoms with Crippen molar-refractivity contribution in [1.82, 2.24) is 14.8 Å². The van der Waals surface area contributed by atoms with Gasteiger partial charge in [-0.15, -0.1) is 0 Å². The van der Waals surface area contributed by atoms with Crippen molar-refractivity contribution in [2.45, 2.75) is 58.2 Å². The van der Waals surface area contributed by atoms with Crippen LogP contribution >= 0.6 is 0 Å². The van der Waals surface area contributed by atoms with Crippen LogP contribution in [0.2, 0.25) is 0 Å². The monoisotopic (exact) mass is 391 g/mol. The molecule has 0 spiro atoms. The van der Waals surface area contributed by atoms with E-state index in [-0.39, 0.29) is 23.8 Å². The number of hydrogen-bond acceptors (Lipinski definition) is 3. The van der Waals surface area contributed by atoms with Crippen LogP contribution in [-0.2, 0) is 16.1 Å². The second-order valence-electron chi connectivity index (χ2n) is 8.20. The summed E-state index contributed by atoms with van der Waals surface area (Å²) in [4.78, 5) is 34.7. The summed E-state index contributed by atoms with van der Waals surface area (Å²) >= 11 is 0. The van der Waals surface area contributed by atoms with Gasteiger partial charge in [0.05, 0.1) is 24.2 Å². The van der Waals surface area contributed by atoms with Crippen molar-refractivity contribution < 1.29 is 9.59 Å². The van der Waals surface area contributed by atoms with Gasteiger partial charge in [-0.25, -0.2) is 0 Å². The summed E-state index contributed by atoms with van der Waals surface area (Å²) in [7, 11) is 0.